The minimum absolute atomic E-state index is 0.0442. The monoisotopic (exact) mass is 234 g/mol. The molecule has 3 N–H and O–H groups in total. The average molecular weight is 234 g/mol. The highest BCUT2D eigenvalue weighted by Gasteiger charge is 2.09. The SMILES string of the molecule is Nc1ccccc1-c1csc(CC(=O)O)n1. The minimum Gasteiger partial charge on any atom is -0.481 e. The van der Waals surface area contributed by atoms with Crippen LogP contribution in [0, 0.1) is 0 Å². The van der Waals surface area contributed by atoms with Gasteiger partial charge in [0.15, 0.2) is 0 Å². The van der Waals surface area contributed by atoms with Gasteiger partial charge in [0.05, 0.1) is 12.1 Å². The number of carboxylic acids is 1. The van der Waals surface area contributed by atoms with Crippen LogP contribution in [0.4, 0.5) is 5.69 Å². The summed E-state index contributed by atoms with van der Waals surface area (Å²) in [6, 6.07) is 7.39. The van der Waals surface area contributed by atoms with Gasteiger partial charge in [0.1, 0.15) is 5.01 Å². The van der Waals surface area contributed by atoms with Crippen LogP contribution >= 0.6 is 11.3 Å². The van der Waals surface area contributed by atoms with E-state index in [2.05, 4.69) is 4.98 Å². The van der Waals surface area contributed by atoms with E-state index in [1.807, 2.05) is 23.6 Å². The summed E-state index contributed by atoms with van der Waals surface area (Å²) in [5, 5.41) is 11.1. The largest absolute Gasteiger partial charge is 0.481 e. The van der Waals surface area contributed by atoms with Crippen molar-refractivity contribution in [1.29, 1.82) is 0 Å². The molecule has 4 nitrogen and oxygen atoms in total. The topological polar surface area (TPSA) is 76.2 Å². The molecule has 0 spiro atoms. The third kappa shape index (κ3) is 2.20. The van der Waals surface area contributed by atoms with Crippen LogP contribution in [0.3, 0.4) is 0 Å². The number of nitrogens with two attached hydrogens (primary N) is 1. The van der Waals surface area contributed by atoms with Crippen molar-refractivity contribution in [3.8, 4) is 11.3 Å². The Hall–Kier alpha value is -1.88. The van der Waals surface area contributed by atoms with E-state index in [9.17, 15) is 4.79 Å². The molecule has 1 heterocycles. The van der Waals surface area contributed by atoms with Crippen LogP contribution in [0.5, 0.6) is 0 Å². The van der Waals surface area contributed by atoms with Gasteiger partial charge in [0.2, 0.25) is 0 Å². The third-order valence-electron chi connectivity index (χ3n) is 2.09. The number of nitrogens with zero attached hydrogens (tertiary/aromatic N) is 1. The first kappa shape index (κ1) is 10.6. The Kier molecular flexibility index (Phi) is 2.87. The molecule has 0 unspecified atom stereocenters. The van der Waals surface area contributed by atoms with Crippen LogP contribution in [0.15, 0.2) is 29.6 Å². The van der Waals surface area contributed by atoms with E-state index in [-0.39, 0.29) is 6.42 Å². The van der Waals surface area contributed by atoms with E-state index < -0.39 is 5.97 Å². The Morgan fingerprint density at radius 3 is 2.88 bits per heavy atom. The van der Waals surface area contributed by atoms with Crippen molar-refractivity contribution in [1.82, 2.24) is 4.98 Å². The number of hydrogen-bond acceptors (Lipinski definition) is 4. The predicted molar refractivity (Wildman–Crippen MR) is 63.3 cm³/mol. The van der Waals surface area contributed by atoms with Gasteiger partial charge in [-0.1, -0.05) is 18.2 Å². The summed E-state index contributed by atoms with van der Waals surface area (Å²) in [6.45, 7) is 0. The number of nitrogen functional groups attached to an aromatic ring is 1. The molecule has 0 saturated carbocycles. The second-order valence-corrected chi connectivity index (χ2v) is 4.23. The first-order valence-electron chi connectivity index (χ1n) is 4.68. The number of para-hydroxylation sites is 1. The van der Waals surface area contributed by atoms with Crippen LogP contribution in [-0.4, -0.2) is 16.1 Å². The molecular formula is C11H10N2O2S. The normalized spacial score (nSPS) is 10.2. The molecule has 0 amide bonds. The van der Waals surface area contributed by atoms with Gasteiger partial charge in [-0.25, -0.2) is 4.98 Å². The molecule has 0 aliphatic rings. The van der Waals surface area contributed by atoms with E-state index >= 15 is 0 Å². The highest BCUT2D eigenvalue weighted by Crippen LogP contribution is 2.26. The molecule has 5 heteroatoms. The summed E-state index contributed by atoms with van der Waals surface area (Å²) >= 11 is 1.33. The lowest BCUT2D eigenvalue weighted by molar-refractivity contribution is -0.136. The summed E-state index contributed by atoms with van der Waals surface area (Å²) in [4.78, 5) is 14.8. The van der Waals surface area contributed by atoms with Crippen LogP contribution < -0.4 is 5.73 Å². The average Bonchev–Trinajstić information content (AvgIpc) is 2.66. The Morgan fingerprint density at radius 2 is 2.19 bits per heavy atom. The van der Waals surface area contributed by atoms with Gasteiger partial charge in [0, 0.05) is 16.6 Å². The smallest absolute Gasteiger partial charge is 0.310 e. The quantitative estimate of drug-likeness (QED) is 0.796. The standard InChI is InChI=1S/C11H10N2O2S/c12-8-4-2-1-3-7(8)9-6-16-10(13-9)5-11(14)15/h1-4,6H,5,12H2,(H,14,15). The number of rotatable bonds is 3. The molecule has 1 aromatic heterocycles. The lowest BCUT2D eigenvalue weighted by Crippen LogP contribution is -1.99. The van der Waals surface area contributed by atoms with Crippen LogP contribution in [0.1, 0.15) is 5.01 Å². The molecule has 16 heavy (non-hydrogen) atoms. The number of aromatic nitrogens is 1. The maximum atomic E-state index is 10.5. The maximum absolute atomic E-state index is 10.5. The number of carboxylic acid groups (broad SMARTS) is 1. The minimum atomic E-state index is -0.873. The Labute approximate surface area is 96.4 Å². The summed E-state index contributed by atoms with van der Waals surface area (Å²) in [6.07, 6.45) is -0.0442. The molecule has 82 valence electrons. The van der Waals surface area contributed by atoms with Crippen molar-refractivity contribution in [2.24, 2.45) is 0 Å². The number of thiazole rings is 1. The fourth-order valence-electron chi connectivity index (χ4n) is 1.38. The molecule has 0 bridgehead atoms. The highest BCUT2D eigenvalue weighted by atomic mass is 32.1. The molecule has 2 aromatic rings. The van der Waals surface area contributed by atoms with Crippen molar-refractivity contribution in [2.45, 2.75) is 6.42 Å². The van der Waals surface area contributed by atoms with Gasteiger partial charge in [0.25, 0.3) is 0 Å². The van der Waals surface area contributed by atoms with Crippen LogP contribution in [-0.2, 0) is 11.2 Å². The zero-order valence-corrected chi connectivity index (χ0v) is 9.20. The van der Waals surface area contributed by atoms with Crippen molar-refractivity contribution < 1.29 is 9.90 Å². The van der Waals surface area contributed by atoms with E-state index in [0.717, 1.165) is 11.3 Å². The van der Waals surface area contributed by atoms with Crippen molar-refractivity contribution in [2.75, 3.05) is 5.73 Å². The van der Waals surface area contributed by atoms with Gasteiger partial charge in [-0.15, -0.1) is 11.3 Å². The lowest BCUT2D eigenvalue weighted by atomic mass is 10.1. The number of anilines is 1. The highest BCUT2D eigenvalue weighted by molar-refractivity contribution is 7.10. The second-order valence-electron chi connectivity index (χ2n) is 3.28. The van der Waals surface area contributed by atoms with Gasteiger partial charge in [-0.2, -0.15) is 0 Å². The van der Waals surface area contributed by atoms with E-state index in [4.69, 9.17) is 10.8 Å². The van der Waals surface area contributed by atoms with Crippen LogP contribution in [0.2, 0.25) is 0 Å². The fraction of sp³-hybridized carbons (Fsp3) is 0.0909. The number of benzene rings is 1. The number of hydrogen-bond donors (Lipinski definition) is 2. The molecule has 2 rings (SSSR count). The van der Waals surface area contributed by atoms with E-state index in [1.165, 1.54) is 11.3 Å². The lowest BCUT2D eigenvalue weighted by Gasteiger charge is -2.00. The molecule has 0 atom stereocenters. The van der Waals surface area contributed by atoms with Gasteiger partial charge >= 0.3 is 5.97 Å². The Bertz CT molecular complexity index is 522. The first-order chi connectivity index (χ1) is 7.66. The fourth-order valence-corrected chi connectivity index (χ4v) is 2.16. The second kappa shape index (κ2) is 4.32. The van der Waals surface area contributed by atoms with Crippen molar-refractivity contribution >= 4 is 23.0 Å². The summed E-state index contributed by atoms with van der Waals surface area (Å²) < 4.78 is 0. The van der Waals surface area contributed by atoms with E-state index in [0.29, 0.717) is 10.7 Å². The Morgan fingerprint density at radius 1 is 1.44 bits per heavy atom. The first-order valence-corrected chi connectivity index (χ1v) is 5.56. The number of carbonyl (C=O) groups is 1. The van der Waals surface area contributed by atoms with Crippen molar-refractivity contribution in [3.05, 3.63) is 34.7 Å². The molecule has 0 saturated heterocycles. The summed E-state index contributed by atoms with van der Waals surface area (Å²) in [7, 11) is 0. The van der Waals surface area contributed by atoms with Crippen LogP contribution in [0.25, 0.3) is 11.3 Å². The third-order valence-corrected chi connectivity index (χ3v) is 2.94. The number of aliphatic carboxylic acids is 1. The summed E-state index contributed by atoms with van der Waals surface area (Å²) in [5.41, 5.74) is 8.04. The zero-order valence-electron chi connectivity index (χ0n) is 8.38. The zero-order chi connectivity index (χ0) is 11.5. The molecule has 1 aromatic carbocycles. The van der Waals surface area contributed by atoms with E-state index in [1.54, 1.807) is 6.07 Å². The van der Waals surface area contributed by atoms with Gasteiger partial charge in [-0.3, -0.25) is 4.79 Å². The molecule has 0 aliphatic heterocycles. The maximum Gasteiger partial charge on any atom is 0.310 e. The molecule has 0 aliphatic carbocycles. The molecule has 0 fully saturated rings. The van der Waals surface area contributed by atoms with Gasteiger partial charge in [-0.05, 0) is 6.07 Å². The summed E-state index contributed by atoms with van der Waals surface area (Å²) in [5.74, 6) is -0.873. The van der Waals surface area contributed by atoms with Gasteiger partial charge < -0.3 is 10.8 Å². The van der Waals surface area contributed by atoms with Crippen molar-refractivity contribution in [3.63, 3.8) is 0 Å². The molecular weight excluding hydrogens is 224 g/mol. The predicted octanol–water partition coefficient (Wildman–Crippen LogP) is 2.02. The molecule has 0 radical (unpaired) electrons. The Balaban J connectivity index is 2.32.